The topological polar surface area (TPSA) is 112 Å². The monoisotopic (exact) mass is 237 g/mol. The van der Waals surface area contributed by atoms with Crippen molar-refractivity contribution in [3.63, 3.8) is 0 Å². The van der Waals surface area contributed by atoms with Gasteiger partial charge in [-0.15, -0.1) is 0 Å². The van der Waals surface area contributed by atoms with E-state index in [0.29, 0.717) is 0 Å². The van der Waals surface area contributed by atoms with Gasteiger partial charge in [0.2, 0.25) is 7.37 Å². The van der Waals surface area contributed by atoms with Crippen molar-refractivity contribution in [3.8, 4) is 0 Å². The summed E-state index contributed by atoms with van der Waals surface area (Å²) < 4.78 is 11.3. The lowest BCUT2D eigenvalue weighted by molar-refractivity contribution is -0.137. The maximum Gasteiger partial charge on any atom is 0.303 e. The van der Waals surface area contributed by atoms with Crippen molar-refractivity contribution in [1.82, 2.24) is 0 Å². The van der Waals surface area contributed by atoms with E-state index in [4.69, 9.17) is 10.2 Å². The molecule has 1 atom stereocenters. The molecule has 0 amide bonds. The number of carboxylic acids is 2. The molecular weight excluding hydrogens is 223 g/mol. The molecule has 0 bridgehead atoms. The average molecular weight is 237 g/mol. The second-order valence-corrected chi connectivity index (χ2v) is 5.62. The van der Waals surface area contributed by atoms with Crippen molar-refractivity contribution in [1.29, 1.82) is 0 Å². The fraction of sp³-hybridized carbons (Fsp3) is 0.625. The van der Waals surface area contributed by atoms with E-state index in [0.717, 1.165) is 0 Å². The fourth-order valence-corrected chi connectivity index (χ4v) is 2.19. The van der Waals surface area contributed by atoms with Gasteiger partial charge in [-0.3, -0.25) is 14.2 Å². The number of aliphatic carboxylic acids is 2. The Morgan fingerprint density at radius 1 is 1.13 bits per heavy atom. The molecule has 0 aliphatic heterocycles. The minimum atomic E-state index is -3.44. The highest BCUT2D eigenvalue weighted by Crippen LogP contribution is 2.41. The van der Waals surface area contributed by atoms with Crippen LogP contribution < -0.4 is 0 Å². The van der Waals surface area contributed by atoms with E-state index in [1.165, 1.54) is 6.42 Å². The molecule has 0 aromatic carbocycles. The van der Waals surface area contributed by atoms with Crippen LogP contribution in [0, 0.1) is 6.42 Å². The van der Waals surface area contributed by atoms with Gasteiger partial charge in [0.15, 0.2) is 0 Å². The molecule has 15 heavy (non-hydrogen) atoms. The van der Waals surface area contributed by atoms with Crippen molar-refractivity contribution >= 4 is 19.3 Å². The molecular formula is C8H14O6P. The maximum atomic E-state index is 11.3. The second kappa shape index (κ2) is 6.58. The quantitative estimate of drug-likeness (QED) is 0.425. The highest BCUT2D eigenvalue weighted by Gasteiger charge is 2.19. The number of hydrogen-bond donors (Lipinski definition) is 3. The Kier molecular flexibility index (Phi) is 6.20. The summed E-state index contributed by atoms with van der Waals surface area (Å²) in [5.74, 6) is -2.08. The van der Waals surface area contributed by atoms with Crippen LogP contribution in [0.2, 0.25) is 0 Å². The highest BCUT2D eigenvalue weighted by molar-refractivity contribution is 7.58. The van der Waals surface area contributed by atoms with Gasteiger partial charge in [0, 0.05) is 18.7 Å². The molecule has 0 spiro atoms. The molecule has 0 rings (SSSR count). The first kappa shape index (κ1) is 14.1. The SMILES string of the molecule is O=C(O)CC[CH]CP(=O)(O)CCC(=O)O. The summed E-state index contributed by atoms with van der Waals surface area (Å²) in [5.41, 5.74) is 0. The maximum absolute atomic E-state index is 11.3. The summed E-state index contributed by atoms with van der Waals surface area (Å²) in [5, 5.41) is 16.6. The van der Waals surface area contributed by atoms with E-state index in [1.807, 2.05) is 0 Å². The predicted molar refractivity (Wildman–Crippen MR) is 53.0 cm³/mol. The van der Waals surface area contributed by atoms with Gasteiger partial charge < -0.3 is 15.1 Å². The first-order valence-electron chi connectivity index (χ1n) is 4.39. The smallest absolute Gasteiger partial charge is 0.303 e. The number of carboxylic acid groups (broad SMARTS) is 2. The van der Waals surface area contributed by atoms with Crippen LogP contribution in [0.3, 0.4) is 0 Å². The molecule has 87 valence electrons. The van der Waals surface area contributed by atoms with Gasteiger partial charge >= 0.3 is 11.9 Å². The summed E-state index contributed by atoms with van der Waals surface area (Å²) in [6.45, 7) is 0. The second-order valence-electron chi connectivity index (χ2n) is 3.12. The highest BCUT2D eigenvalue weighted by atomic mass is 31.2. The van der Waals surface area contributed by atoms with Crippen LogP contribution in [0.4, 0.5) is 0 Å². The largest absolute Gasteiger partial charge is 0.481 e. The molecule has 0 heterocycles. The van der Waals surface area contributed by atoms with Crippen molar-refractivity contribution in [3.05, 3.63) is 6.42 Å². The lowest BCUT2D eigenvalue weighted by atomic mass is 10.2. The molecule has 0 saturated heterocycles. The van der Waals surface area contributed by atoms with E-state index in [2.05, 4.69) is 0 Å². The molecule has 7 heteroatoms. The number of unbranched alkanes of at least 4 members (excludes halogenated alkanes) is 1. The number of rotatable bonds is 8. The van der Waals surface area contributed by atoms with Crippen LogP contribution in [-0.4, -0.2) is 39.4 Å². The van der Waals surface area contributed by atoms with Crippen molar-refractivity contribution in [2.75, 3.05) is 12.3 Å². The van der Waals surface area contributed by atoms with E-state index in [-0.39, 0.29) is 31.6 Å². The molecule has 0 aliphatic carbocycles. The van der Waals surface area contributed by atoms with Crippen molar-refractivity contribution in [2.45, 2.75) is 19.3 Å². The molecule has 0 aliphatic rings. The zero-order valence-electron chi connectivity index (χ0n) is 8.13. The summed E-state index contributed by atoms with van der Waals surface area (Å²) in [7, 11) is -3.44. The van der Waals surface area contributed by atoms with Gasteiger partial charge in [-0.05, 0) is 12.8 Å². The van der Waals surface area contributed by atoms with E-state index in [9.17, 15) is 19.0 Å². The first-order valence-corrected chi connectivity index (χ1v) is 6.42. The van der Waals surface area contributed by atoms with Gasteiger partial charge in [0.25, 0.3) is 0 Å². The number of hydrogen-bond acceptors (Lipinski definition) is 3. The van der Waals surface area contributed by atoms with Crippen LogP contribution >= 0.6 is 7.37 Å². The lowest BCUT2D eigenvalue weighted by Gasteiger charge is -2.08. The van der Waals surface area contributed by atoms with Gasteiger partial charge in [-0.25, -0.2) is 0 Å². The normalized spacial score (nSPS) is 14.5. The third-order valence-corrected chi connectivity index (χ3v) is 3.40. The fourth-order valence-electron chi connectivity index (χ4n) is 0.880. The Labute approximate surface area is 87.4 Å². The van der Waals surface area contributed by atoms with Gasteiger partial charge in [-0.1, -0.05) is 0 Å². The molecule has 3 N–H and O–H groups in total. The molecule has 0 aromatic heterocycles. The molecule has 1 radical (unpaired) electrons. The van der Waals surface area contributed by atoms with Crippen LogP contribution in [0.1, 0.15) is 19.3 Å². The molecule has 6 nitrogen and oxygen atoms in total. The number of carbonyl (C=O) groups is 2. The van der Waals surface area contributed by atoms with Gasteiger partial charge in [0.1, 0.15) is 0 Å². The van der Waals surface area contributed by atoms with Crippen LogP contribution in [0.25, 0.3) is 0 Å². The third-order valence-electron chi connectivity index (χ3n) is 1.65. The first-order chi connectivity index (χ1) is 6.83. The molecule has 0 fully saturated rings. The summed E-state index contributed by atoms with van der Waals surface area (Å²) >= 11 is 0. The Hall–Kier alpha value is -0.870. The Morgan fingerprint density at radius 3 is 2.13 bits per heavy atom. The molecule has 0 aromatic rings. The lowest BCUT2D eigenvalue weighted by Crippen LogP contribution is -2.03. The van der Waals surface area contributed by atoms with Crippen LogP contribution in [0.15, 0.2) is 0 Å². The average Bonchev–Trinajstić information content (AvgIpc) is 2.09. The zero-order valence-corrected chi connectivity index (χ0v) is 9.02. The van der Waals surface area contributed by atoms with E-state index < -0.39 is 19.3 Å². The predicted octanol–water partition coefficient (Wildman–Crippen LogP) is 0.801. The summed E-state index contributed by atoms with van der Waals surface area (Å²) in [6.07, 6.45) is 0.794. The third kappa shape index (κ3) is 9.43. The Bertz CT molecular complexity index is 274. The van der Waals surface area contributed by atoms with Crippen molar-refractivity contribution in [2.24, 2.45) is 0 Å². The summed E-state index contributed by atoms with van der Waals surface area (Å²) in [4.78, 5) is 29.5. The standard InChI is InChI=1S/C8H14O6P/c9-7(10)3-1-2-5-15(13,14)6-4-8(11)12/h2H,1,3-6H2,(H,9,10)(H,11,12)(H,13,14). The van der Waals surface area contributed by atoms with E-state index >= 15 is 0 Å². The zero-order chi connectivity index (χ0) is 11.9. The van der Waals surface area contributed by atoms with Crippen LogP contribution in [-0.2, 0) is 14.2 Å². The van der Waals surface area contributed by atoms with E-state index in [1.54, 1.807) is 0 Å². The van der Waals surface area contributed by atoms with Gasteiger partial charge in [0.05, 0.1) is 6.42 Å². The van der Waals surface area contributed by atoms with Crippen molar-refractivity contribution < 1.29 is 29.3 Å². The van der Waals surface area contributed by atoms with Crippen LogP contribution in [0.5, 0.6) is 0 Å². The Balaban J connectivity index is 3.69. The Morgan fingerprint density at radius 2 is 1.67 bits per heavy atom. The minimum Gasteiger partial charge on any atom is -0.481 e. The molecule has 1 unspecified atom stereocenters. The van der Waals surface area contributed by atoms with Gasteiger partial charge in [-0.2, -0.15) is 0 Å². The molecule has 0 saturated carbocycles. The summed E-state index contributed by atoms with van der Waals surface area (Å²) in [6, 6.07) is 0. The minimum absolute atomic E-state index is 0.0844.